The van der Waals surface area contributed by atoms with Crippen LogP contribution in [0.2, 0.25) is 0 Å². The van der Waals surface area contributed by atoms with Crippen LogP contribution >= 0.6 is 0 Å². The van der Waals surface area contributed by atoms with Crippen molar-refractivity contribution in [3.63, 3.8) is 0 Å². The first-order valence-electron chi connectivity index (χ1n) is 8.26. The number of ether oxygens (including phenoxy) is 2. The molecular weight excluding hydrogens is 342 g/mol. The zero-order valence-corrected chi connectivity index (χ0v) is 15.2. The van der Waals surface area contributed by atoms with Crippen molar-refractivity contribution >= 4 is 10.0 Å². The largest absolute Gasteiger partial charge is 0.384 e. The molecule has 1 aromatic heterocycles. The average Bonchev–Trinajstić information content (AvgIpc) is 3.25. The topological polar surface area (TPSA) is 77.8 Å². The molecule has 1 saturated heterocycles. The lowest BCUT2D eigenvalue weighted by Crippen LogP contribution is -2.29. The zero-order chi connectivity index (χ0) is 18.1. The van der Waals surface area contributed by atoms with Gasteiger partial charge in [-0.25, -0.2) is 12.4 Å². The summed E-state index contributed by atoms with van der Waals surface area (Å²) in [4.78, 5) is 0.189. The number of hydrogen-bond acceptors (Lipinski definition) is 5. The molecule has 136 valence electrons. The van der Waals surface area contributed by atoms with Gasteiger partial charge in [-0.15, -0.1) is 0 Å². The molecule has 1 fully saturated rings. The molecule has 2 aromatic rings. The standard InChI is InChI=1S/C18H23NO5S/c1-14-5-7-15(8-6-14)25(21,22)19-11-3-4-16(19)18(2,20)10-9-17-23-12-13-24-17/h3-8,11,17,20H,9-10,12-13H2,1-2H3. The monoisotopic (exact) mass is 365 g/mol. The highest BCUT2D eigenvalue weighted by molar-refractivity contribution is 7.90. The van der Waals surface area contributed by atoms with Gasteiger partial charge in [0.05, 0.1) is 23.8 Å². The average molecular weight is 365 g/mol. The molecule has 6 nitrogen and oxygen atoms in total. The van der Waals surface area contributed by atoms with Gasteiger partial charge in [-0.05, 0) is 44.5 Å². The predicted octanol–water partition coefficient (Wildman–Crippen LogP) is 2.39. The van der Waals surface area contributed by atoms with Gasteiger partial charge in [-0.2, -0.15) is 0 Å². The van der Waals surface area contributed by atoms with E-state index in [1.807, 2.05) is 6.92 Å². The SMILES string of the molecule is Cc1ccc(S(=O)(=O)n2cccc2C(C)(O)CCC2OCCO2)cc1. The third kappa shape index (κ3) is 3.79. The van der Waals surface area contributed by atoms with E-state index in [-0.39, 0.29) is 11.2 Å². The molecule has 0 amide bonds. The lowest BCUT2D eigenvalue weighted by Gasteiger charge is -2.26. The van der Waals surface area contributed by atoms with Crippen LogP contribution in [0.5, 0.6) is 0 Å². The maximum atomic E-state index is 12.9. The minimum atomic E-state index is -3.77. The molecule has 1 aromatic carbocycles. The molecule has 1 unspecified atom stereocenters. The fourth-order valence-electron chi connectivity index (χ4n) is 2.92. The maximum Gasteiger partial charge on any atom is 0.267 e. The summed E-state index contributed by atoms with van der Waals surface area (Å²) in [6.45, 7) is 4.60. The second-order valence-electron chi connectivity index (χ2n) is 6.49. The van der Waals surface area contributed by atoms with Gasteiger partial charge in [-0.3, -0.25) is 0 Å². The van der Waals surface area contributed by atoms with E-state index in [9.17, 15) is 13.5 Å². The molecule has 0 bridgehead atoms. The molecule has 1 aliphatic heterocycles. The first-order chi connectivity index (χ1) is 11.8. The molecule has 0 aliphatic carbocycles. The molecule has 1 aliphatic rings. The number of aromatic nitrogens is 1. The summed E-state index contributed by atoms with van der Waals surface area (Å²) >= 11 is 0. The van der Waals surface area contributed by atoms with E-state index in [2.05, 4.69) is 0 Å². The number of aryl methyl sites for hydroxylation is 1. The van der Waals surface area contributed by atoms with Crippen LogP contribution in [0.1, 0.15) is 31.0 Å². The third-order valence-corrected chi connectivity index (χ3v) is 6.10. The van der Waals surface area contributed by atoms with E-state index in [4.69, 9.17) is 9.47 Å². The lowest BCUT2D eigenvalue weighted by atomic mass is 9.96. The van der Waals surface area contributed by atoms with Gasteiger partial charge in [0.1, 0.15) is 5.60 Å². The Bertz CT molecular complexity index is 817. The van der Waals surface area contributed by atoms with Crippen LogP contribution in [-0.4, -0.2) is 37.0 Å². The normalized spacial score (nSPS) is 18.4. The molecule has 3 rings (SSSR count). The summed E-state index contributed by atoms with van der Waals surface area (Å²) in [6.07, 6.45) is 1.93. The van der Waals surface area contributed by atoms with Gasteiger partial charge in [0.2, 0.25) is 0 Å². The van der Waals surface area contributed by atoms with Gasteiger partial charge < -0.3 is 14.6 Å². The molecule has 1 N–H and O–H groups in total. The van der Waals surface area contributed by atoms with Crippen molar-refractivity contribution in [1.29, 1.82) is 0 Å². The van der Waals surface area contributed by atoms with Gasteiger partial charge in [0.15, 0.2) is 6.29 Å². The Labute approximate surface area is 148 Å². The number of hydrogen-bond donors (Lipinski definition) is 1. The van der Waals surface area contributed by atoms with E-state index in [1.54, 1.807) is 43.3 Å². The lowest BCUT2D eigenvalue weighted by molar-refractivity contribution is -0.0662. The van der Waals surface area contributed by atoms with Crippen molar-refractivity contribution in [1.82, 2.24) is 3.97 Å². The molecule has 1 atom stereocenters. The summed E-state index contributed by atoms with van der Waals surface area (Å²) < 4.78 is 37.8. The minimum absolute atomic E-state index is 0.189. The van der Waals surface area contributed by atoms with Crippen molar-refractivity contribution in [2.75, 3.05) is 13.2 Å². The smallest absolute Gasteiger partial charge is 0.267 e. The van der Waals surface area contributed by atoms with Crippen molar-refractivity contribution in [2.24, 2.45) is 0 Å². The first kappa shape index (κ1) is 18.1. The van der Waals surface area contributed by atoms with Crippen molar-refractivity contribution in [3.05, 3.63) is 53.9 Å². The van der Waals surface area contributed by atoms with Crippen LogP contribution in [0.25, 0.3) is 0 Å². The Morgan fingerprint density at radius 1 is 1.20 bits per heavy atom. The van der Waals surface area contributed by atoms with Crippen molar-refractivity contribution in [3.8, 4) is 0 Å². The summed E-state index contributed by atoms with van der Waals surface area (Å²) in [5.41, 5.74) is -0.0161. The zero-order valence-electron chi connectivity index (χ0n) is 14.4. The van der Waals surface area contributed by atoms with Gasteiger partial charge in [0.25, 0.3) is 10.0 Å². The van der Waals surface area contributed by atoms with Gasteiger partial charge in [-0.1, -0.05) is 17.7 Å². The van der Waals surface area contributed by atoms with E-state index < -0.39 is 15.6 Å². The maximum absolute atomic E-state index is 12.9. The second kappa shape index (κ2) is 6.92. The van der Waals surface area contributed by atoms with Gasteiger partial charge >= 0.3 is 0 Å². The molecule has 25 heavy (non-hydrogen) atoms. The van der Waals surface area contributed by atoms with E-state index in [1.165, 1.54) is 6.20 Å². The first-order valence-corrected chi connectivity index (χ1v) is 9.70. The van der Waals surface area contributed by atoms with E-state index >= 15 is 0 Å². The molecule has 0 saturated carbocycles. The summed E-state index contributed by atoms with van der Waals surface area (Å²) in [7, 11) is -3.77. The summed E-state index contributed by atoms with van der Waals surface area (Å²) in [6, 6.07) is 9.90. The minimum Gasteiger partial charge on any atom is -0.384 e. The molecule has 7 heteroatoms. The Kier molecular flexibility index (Phi) is 5.02. The quantitative estimate of drug-likeness (QED) is 0.850. The Morgan fingerprint density at radius 3 is 2.48 bits per heavy atom. The summed E-state index contributed by atoms with van der Waals surface area (Å²) in [5.74, 6) is 0. The van der Waals surface area contributed by atoms with E-state index in [0.717, 1.165) is 9.54 Å². The number of nitrogens with zero attached hydrogens (tertiary/aromatic N) is 1. The Balaban J connectivity index is 1.86. The van der Waals surface area contributed by atoms with E-state index in [0.29, 0.717) is 31.7 Å². The molecular formula is C18H23NO5S. The fourth-order valence-corrected chi connectivity index (χ4v) is 4.37. The molecule has 0 spiro atoms. The Morgan fingerprint density at radius 2 is 1.84 bits per heavy atom. The van der Waals surface area contributed by atoms with Crippen LogP contribution in [-0.2, 0) is 25.1 Å². The molecule has 0 radical (unpaired) electrons. The van der Waals surface area contributed by atoms with Crippen LogP contribution in [0.15, 0.2) is 47.5 Å². The van der Waals surface area contributed by atoms with Crippen LogP contribution < -0.4 is 0 Å². The Hall–Kier alpha value is -1.67. The van der Waals surface area contributed by atoms with Crippen LogP contribution in [0.4, 0.5) is 0 Å². The van der Waals surface area contributed by atoms with Crippen molar-refractivity contribution in [2.45, 2.75) is 43.5 Å². The third-order valence-electron chi connectivity index (χ3n) is 4.40. The molecule has 2 heterocycles. The highest BCUT2D eigenvalue weighted by Gasteiger charge is 2.32. The van der Waals surface area contributed by atoms with Crippen molar-refractivity contribution < 1.29 is 23.0 Å². The fraction of sp³-hybridized carbons (Fsp3) is 0.444. The van der Waals surface area contributed by atoms with Gasteiger partial charge in [0, 0.05) is 12.6 Å². The number of aliphatic hydroxyl groups is 1. The van der Waals surface area contributed by atoms with Crippen LogP contribution in [0.3, 0.4) is 0 Å². The highest BCUT2D eigenvalue weighted by atomic mass is 32.2. The van der Waals surface area contributed by atoms with Crippen LogP contribution in [0, 0.1) is 6.92 Å². The number of benzene rings is 1. The second-order valence-corrected chi connectivity index (χ2v) is 8.31. The number of rotatable bonds is 6. The predicted molar refractivity (Wildman–Crippen MR) is 92.7 cm³/mol. The highest BCUT2D eigenvalue weighted by Crippen LogP contribution is 2.30. The summed E-state index contributed by atoms with van der Waals surface area (Å²) in [5, 5.41) is 10.9.